The SMILES string of the molecule is O=C1CN(c2ccc(NC(=O)CSCc3ccc(Cl)cc3Cl)cn2)CCN1. The minimum atomic E-state index is -0.114. The molecule has 9 heteroatoms. The van der Waals surface area contributed by atoms with Gasteiger partial charge in [-0.3, -0.25) is 9.59 Å². The van der Waals surface area contributed by atoms with E-state index in [0.717, 1.165) is 11.4 Å². The van der Waals surface area contributed by atoms with Gasteiger partial charge in [0.2, 0.25) is 11.8 Å². The normalized spacial score (nSPS) is 14.0. The number of pyridine rings is 1. The van der Waals surface area contributed by atoms with Gasteiger partial charge in [0.05, 0.1) is 24.2 Å². The van der Waals surface area contributed by atoms with Crippen LogP contribution in [0.15, 0.2) is 36.5 Å². The van der Waals surface area contributed by atoms with Crippen molar-refractivity contribution in [3.63, 3.8) is 0 Å². The second kappa shape index (κ2) is 9.30. The molecule has 0 aliphatic carbocycles. The molecule has 1 saturated heterocycles. The van der Waals surface area contributed by atoms with Crippen molar-refractivity contribution >= 4 is 58.3 Å². The first-order valence-corrected chi connectivity index (χ1v) is 10.2. The van der Waals surface area contributed by atoms with E-state index >= 15 is 0 Å². The van der Waals surface area contributed by atoms with Gasteiger partial charge >= 0.3 is 0 Å². The van der Waals surface area contributed by atoms with Gasteiger partial charge < -0.3 is 15.5 Å². The molecule has 1 fully saturated rings. The Morgan fingerprint density at radius 3 is 2.85 bits per heavy atom. The molecule has 6 nitrogen and oxygen atoms in total. The van der Waals surface area contributed by atoms with Gasteiger partial charge in [0, 0.05) is 28.9 Å². The van der Waals surface area contributed by atoms with E-state index in [9.17, 15) is 9.59 Å². The molecule has 0 atom stereocenters. The Bertz CT molecular complexity index is 833. The summed E-state index contributed by atoms with van der Waals surface area (Å²) in [5.74, 6) is 1.51. The summed E-state index contributed by atoms with van der Waals surface area (Å²) in [7, 11) is 0. The standard InChI is InChI=1S/C18H18Cl2N4O2S/c19-13-2-1-12(15(20)7-13)10-27-11-18(26)23-14-3-4-16(22-8-14)24-6-5-21-17(25)9-24/h1-4,7-8H,5-6,9-11H2,(H,21,25)(H,23,26). The first-order chi connectivity index (χ1) is 13.0. The lowest BCUT2D eigenvalue weighted by atomic mass is 10.2. The van der Waals surface area contributed by atoms with Crippen molar-refractivity contribution in [1.82, 2.24) is 10.3 Å². The van der Waals surface area contributed by atoms with E-state index in [1.165, 1.54) is 11.8 Å². The Morgan fingerprint density at radius 2 is 2.15 bits per heavy atom. The number of piperazine rings is 1. The zero-order valence-electron chi connectivity index (χ0n) is 14.4. The Balaban J connectivity index is 1.47. The summed E-state index contributed by atoms with van der Waals surface area (Å²) in [6.45, 7) is 1.62. The molecular weight excluding hydrogens is 407 g/mol. The fourth-order valence-corrected chi connectivity index (χ4v) is 3.96. The van der Waals surface area contributed by atoms with Gasteiger partial charge in [0.1, 0.15) is 5.82 Å². The largest absolute Gasteiger partial charge is 0.353 e. The maximum atomic E-state index is 12.1. The number of amides is 2. The van der Waals surface area contributed by atoms with E-state index in [0.29, 0.717) is 46.9 Å². The maximum Gasteiger partial charge on any atom is 0.239 e. The number of benzene rings is 1. The summed E-state index contributed by atoms with van der Waals surface area (Å²) in [5.41, 5.74) is 1.56. The van der Waals surface area contributed by atoms with E-state index < -0.39 is 0 Å². The van der Waals surface area contributed by atoms with E-state index in [-0.39, 0.29) is 11.8 Å². The third-order valence-electron chi connectivity index (χ3n) is 3.90. The van der Waals surface area contributed by atoms with E-state index in [4.69, 9.17) is 23.2 Å². The fourth-order valence-electron chi connectivity index (χ4n) is 2.57. The summed E-state index contributed by atoms with van der Waals surface area (Å²) >= 11 is 13.5. The summed E-state index contributed by atoms with van der Waals surface area (Å²) < 4.78 is 0. The van der Waals surface area contributed by atoms with Crippen molar-refractivity contribution in [2.45, 2.75) is 5.75 Å². The van der Waals surface area contributed by atoms with Crippen molar-refractivity contribution in [3.05, 3.63) is 52.1 Å². The van der Waals surface area contributed by atoms with Gasteiger partial charge in [-0.15, -0.1) is 11.8 Å². The van der Waals surface area contributed by atoms with Crippen LogP contribution in [0.4, 0.5) is 11.5 Å². The molecule has 0 spiro atoms. The molecule has 1 aliphatic heterocycles. The van der Waals surface area contributed by atoms with Crippen LogP contribution in [0, 0.1) is 0 Å². The number of nitrogens with one attached hydrogen (secondary N) is 2. The third-order valence-corrected chi connectivity index (χ3v) is 5.47. The summed E-state index contributed by atoms with van der Waals surface area (Å²) in [5, 5.41) is 6.78. The topological polar surface area (TPSA) is 74.3 Å². The Kier molecular flexibility index (Phi) is 6.82. The molecule has 0 unspecified atom stereocenters. The van der Waals surface area contributed by atoms with Crippen LogP contribution in [0.25, 0.3) is 0 Å². The van der Waals surface area contributed by atoms with Crippen LogP contribution in [0.5, 0.6) is 0 Å². The predicted octanol–water partition coefficient (Wildman–Crippen LogP) is 3.20. The quantitative estimate of drug-likeness (QED) is 0.744. The molecule has 1 aromatic heterocycles. The average Bonchev–Trinajstić information content (AvgIpc) is 2.64. The van der Waals surface area contributed by atoms with Gasteiger partial charge in [0.15, 0.2) is 0 Å². The number of hydrogen-bond acceptors (Lipinski definition) is 5. The second-order valence-electron chi connectivity index (χ2n) is 5.95. The summed E-state index contributed by atoms with van der Waals surface area (Å²) in [6, 6.07) is 8.92. The molecule has 1 aliphatic rings. The van der Waals surface area contributed by atoms with Crippen LogP contribution in [-0.4, -0.2) is 42.2 Å². The number of carbonyl (C=O) groups is 2. The van der Waals surface area contributed by atoms with Gasteiger partial charge in [-0.1, -0.05) is 29.3 Å². The number of nitrogens with zero attached hydrogens (tertiary/aromatic N) is 2. The van der Waals surface area contributed by atoms with Crippen LogP contribution < -0.4 is 15.5 Å². The van der Waals surface area contributed by atoms with Crippen molar-refractivity contribution in [2.75, 3.05) is 35.6 Å². The molecule has 2 N–H and O–H groups in total. The molecule has 2 aromatic rings. The minimum Gasteiger partial charge on any atom is -0.353 e. The first kappa shape index (κ1) is 19.8. The molecule has 2 amide bonds. The van der Waals surface area contributed by atoms with Crippen LogP contribution in [0.2, 0.25) is 10.0 Å². The highest BCUT2D eigenvalue weighted by Crippen LogP contribution is 2.24. The molecule has 0 radical (unpaired) electrons. The number of rotatable bonds is 6. The number of aromatic nitrogens is 1. The monoisotopic (exact) mass is 424 g/mol. The number of hydrogen-bond donors (Lipinski definition) is 2. The smallest absolute Gasteiger partial charge is 0.239 e. The van der Waals surface area contributed by atoms with Gasteiger partial charge in [-0.25, -0.2) is 4.98 Å². The molecular formula is C18H18Cl2N4O2S. The Morgan fingerprint density at radius 1 is 1.30 bits per heavy atom. The molecule has 2 heterocycles. The van der Waals surface area contributed by atoms with E-state index in [1.807, 2.05) is 11.0 Å². The molecule has 27 heavy (non-hydrogen) atoms. The predicted molar refractivity (Wildman–Crippen MR) is 111 cm³/mol. The zero-order valence-corrected chi connectivity index (χ0v) is 16.7. The minimum absolute atomic E-state index is 0.0155. The van der Waals surface area contributed by atoms with Crippen molar-refractivity contribution in [1.29, 1.82) is 0 Å². The van der Waals surface area contributed by atoms with Gasteiger partial charge in [-0.05, 0) is 29.8 Å². The average molecular weight is 425 g/mol. The van der Waals surface area contributed by atoms with E-state index in [2.05, 4.69) is 15.6 Å². The highest BCUT2D eigenvalue weighted by molar-refractivity contribution is 7.99. The lowest BCUT2D eigenvalue weighted by Crippen LogP contribution is -2.48. The highest BCUT2D eigenvalue weighted by atomic mass is 35.5. The molecule has 0 bridgehead atoms. The number of carbonyl (C=O) groups excluding carboxylic acids is 2. The third kappa shape index (κ3) is 5.76. The molecule has 0 saturated carbocycles. The lowest BCUT2D eigenvalue weighted by Gasteiger charge is -2.27. The van der Waals surface area contributed by atoms with Gasteiger partial charge in [-0.2, -0.15) is 0 Å². The molecule has 3 rings (SSSR count). The molecule has 142 valence electrons. The number of thioether (sulfide) groups is 1. The summed E-state index contributed by atoms with van der Waals surface area (Å²) in [4.78, 5) is 29.8. The molecule has 1 aromatic carbocycles. The van der Waals surface area contributed by atoms with Crippen molar-refractivity contribution in [2.24, 2.45) is 0 Å². The maximum absolute atomic E-state index is 12.1. The number of anilines is 2. The van der Waals surface area contributed by atoms with Crippen LogP contribution in [0.3, 0.4) is 0 Å². The number of halogens is 2. The van der Waals surface area contributed by atoms with Crippen LogP contribution >= 0.6 is 35.0 Å². The zero-order chi connectivity index (χ0) is 19.2. The van der Waals surface area contributed by atoms with Crippen molar-refractivity contribution in [3.8, 4) is 0 Å². The lowest BCUT2D eigenvalue weighted by molar-refractivity contribution is -0.120. The highest BCUT2D eigenvalue weighted by Gasteiger charge is 2.17. The van der Waals surface area contributed by atoms with Crippen LogP contribution in [-0.2, 0) is 15.3 Å². The second-order valence-corrected chi connectivity index (χ2v) is 7.78. The van der Waals surface area contributed by atoms with Crippen LogP contribution in [0.1, 0.15) is 5.56 Å². The Labute approximate surface area is 171 Å². The Hall–Kier alpha value is -1.96. The van der Waals surface area contributed by atoms with Crippen molar-refractivity contribution < 1.29 is 9.59 Å². The summed E-state index contributed by atoms with van der Waals surface area (Å²) in [6.07, 6.45) is 1.60. The van der Waals surface area contributed by atoms with Gasteiger partial charge in [0.25, 0.3) is 0 Å². The first-order valence-electron chi connectivity index (χ1n) is 8.30. The fraction of sp³-hybridized carbons (Fsp3) is 0.278. The van der Waals surface area contributed by atoms with E-state index in [1.54, 1.807) is 30.5 Å².